The first kappa shape index (κ1) is 17.0. The summed E-state index contributed by atoms with van der Waals surface area (Å²) in [7, 11) is 1.12. The maximum Gasteiger partial charge on any atom is 0.573 e. The number of hydrogen-bond acceptors (Lipinski definition) is 2. The maximum absolute atomic E-state index is 13.0. The molecule has 8 heteroatoms. The van der Waals surface area contributed by atoms with Crippen LogP contribution in [-0.2, 0) is 6.18 Å². The molecule has 0 saturated carbocycles. The molecule has 2 nitrogen and oxygen atoms in total. The fourth-order valence-corrected chi connectivity index (χ4v) is 1.96. The van der Waals surface area contributed by atoms with E-state index in [1.807, 2.05) is 0 Å². The van der Waals surface area contributed by atoms with Crippen molar-refractivity contribution in [2.24, 2.45) is 0 Å². The Hall–Kier alpha value is -2.38. The molecule has 0 saturated heterocycles. The molecule has 2 rings (SSSR count). The van der Waals surface area contributed by atoms with E-state index < -0.39 is 23.9 Å². The van der Waals surface area contributed by atoms with Crippen molar-refractivity contribution in [3.05, 3.63) is 48.0 Å². The lowest BCUT2D eigenvalue weighted by Crippen LogP contribution is -2.16. The third-order valence-corrected chi connectivity index (χ3v) is 2.93. The van der Waals surface area contributed by atoms with E-state index in [4.69, 9.17) is 0 Å². The fraction of sp³-hybridized carbons (Fsp3) is 0.200. The van der Waals surface area contributed by atoms with Crippen LogP contribution in [0, 0.1) is 0 Å². The Kier molecular flexibility index (Phi) is 4.44. The summed E-state index contributed by atoms with van der Waals surface area (Å²) in [6.45, 7) is 0. The van der Waals surface area contributed by atoms with Crippen LogP contribution in [0.2, 0.25) is 0 Å². The van der Waals surface area contributed by atoms with Crippen molar-refractivity contribution in [3.63, 3.8) is 0 Å². The molecule has 124 valence electrons. The van der Waals surface area contributed by atoms with E-state index in [2.05, 4.69) is 9.47 Å². The van der Waals surface area contributed by atoms with Crippen molar-refractivity contribution in [1.82, 2.24) is 0 Å². The Morgan fingerprint density at radius 1 is 0.783 bits per heavy atom. The minimum Gasteiger partial charge on any atom is -0.496 e. The molecule has 0 aliphatic heterocycles. The molecule has 2 aromatic rings. The van der Waals surface area contributed by atoms with Gasteiger partial charge in [-0.2, -0.15) is 13.2 Å². The van der Waals surface area contributed by atoms with Crippen LogP contribution in [-0.4, -0.2) is 13.5 Å². The van der Waals surface area contributed by atoms with E-state index >= 15 is 0 Å². The second-order valence-electron chi connectivity index (χ2n) is 4.49. The molecule has 0 unspecified atom stereocenters. The van der Waals surface area contributed by atoms with Crippen LogP contribution in [0.4, 0.5) is 26.3 Å². The van der Waals surface area contributed by atoms with Crippen molar-refractivity contribution in [3.8, 4) is 22.6 Å². The number of rotatable bonds is 3. The highest BCUT2D eigenvalue weighted by atomic mass is 19.4. The zero-order valence-corrected chi connectivity index (χ0v) is 11.6. The van der Waals surface area contributed by atoms with E-state index in [0.29, 0.717) is 5.56 Å². The first-order chi connectivity index (χ1) is 10.6. The number of hydrogen-bond donors (Lipinski definition) is 0. The minimum atomic E-state index is -4.83. The van der Waals surface area contributed by atoms with Gasteiger partial charge >= 0.3 is 12.5 Å². The fourth-order valence-electron chi connectivity index (χ4n) is 1.96. The highest BCUT2D eigenvalue weighted by Crippen LogP contribution is 2.39. The van der Waals surface area contributed by atoms with E-state index in [1.54, 1.807) is 0 Å². The SMILES string of the molecule is COc1ccc(-c2ccc(OC(F)(F)F)cc2)cc1C(F)(F)F. The molecular weight excluding hydrogens is 326 g/mol. The zero-order chi connectivity index (χ0) is 17.3. The van der Waals surface area contributed by atoms with Crippen LogP contribution in [0.3, 0.4) is 0 Å². The van der Waals surface area contributed by atoms with Gasteiger partial charge in [-0.05, 0) is 35.4 Å². The second kappa shape index (κ2) is 6.02. The van der Waals surface area contributed by atoms with Crippen molar-refractivity contribution in [2.75, 3.05) is 7.11 Å². The quantitative estimate of drug-likeness (QED) is 0.710. The summed E-state index contributed by atoms with van der Waals surface area (Å²) in [4.78, 5) is 0. The van der Waals surface area contributed by atoms with E-state index in [9.17, 15) is 26.3 Å². The molecule has 0 aliphatic rings. The molecule has 2 aromatic carbocycles. The Balaban J connectivity index is 2.35. The normalized spacial score (nSPS) is 12.1. The molecule has 0 bridgehead atoms. The van der Waals surface area contributed by atoms with Crippen LogP contribution in [0.5, 0.6) is 11.5 Å². The smallest absolute Gasteiger partial charge is 0.496 e. The van der Waals surface area contributed by atoms with Gasteiger partial charge in [-0.3, -0.25) is 0 Å². The van der Waals surface area contributed by atoms with Gasteiger partial charge in [0.25, 0.3) is 0 Å². The first-order valence-electron chi connectivity index (χ1n) is 6.21. The van der Waals surface area contributed by atoms with Gasteiger partial charge in [0.2, 0.25) is 0 Å². The lowest BCUT2D eigenvalue weighted by molar-refractivity contribution is -0.274. The monoisotopic (exact) mass is 336 g/mol. The van der Waals surface area contributed by atoms with Crippen LogP contribution >= 0.6 is 0 Å². The van der Waals surface area contributed by atoms with Gasteiger partial charge in [-0.25, -0.2) is 0 Å². The Bertz CT molecular complexity index is 674. The van der Waals surface area contributed by atoms with Crippen molar-refractivity contribution >= 4 is 0 Å². The van der Waals surface area contributed by atoms with E-state index in [1.165, 1.54) is 18.2 Å². The lowest BCUT2D eigenvalue weighted by Gasteiger charge is -2.14. The van der Waals surface area contributed by atoms with Crippen LogP contribution < -0.4 is 9.47 Å². The van der Waals surface area contributed by atoms with E-state index in [-0.39, 0.29) is 11.3 Å². The molecular formula is C15H10F6O2. The molecule has 0 aliphatic carbocycles. The highest BCUT2D eigenvalue weighted by Gasteiger charge is 2.34. The summed E-state index contributed by atoms with van der Waals surface area (Å²) in [5, 5.41) is 0. The second-order valence-corrected chi connectivity index (χ2v) is 4.49. The number of alkyl halides is 6. The summed E-state index contributed by atoms with van der Waals surface area (Å²) in [5.41, 5.74) is -0.461. The number of halogens is 6. The predicted octanol–water partition coefficient (Wildman–Crippen LogP) is 5.28. The molecule has 0 aromatic heterocycles. The van der Waals surface area contributed by atoms with Gasteiger partial charge in [0, 0.05) is 0 Å². The lowest BCUT2D eigenvalue weighted by atomic mass is 10.0. The summed E-state index contributed by atoms with van der Waals surface area (Å²) < 4.78 is 83.5. The Morgan fingerprint density at radius 2 is 1.35 bits per heavy atom. The standard InChI is InChI=1S/C15H10F6O2/c1-22-13-7-4-10(8-12(13)14(16,17)18)9-2-5-11(6-3-9)23-15(19,20)21/h2-8H,1H3. The van der Waals surface area contributed by atoms with Gasteiger partial charge in [0.1, 0.15) is 11.5 Å². The average molecular weight is 336 g/mol. The van der Waals surface area contributed by atoms with Crippen LogP contribution in [0.25, 0.3) is 11.1 Å². The zero-order valence-electron chi connectivity index (χ0n) is 11.6. The largest absolute Gasteiger partial charge is 0.573 e. The average Bonchev–Trinajstić information content (AvgIpc) is 2.45. The summed E-state index contributed by atoms with van der Waals surface area (Å²) in [6, 6.07) is 7.94. The Labute approximate surface area is 127 Å². The first-order valence-corrected chi connectivity index (χ1v) is 6.21. The number of methoxy groups -OCH3 is 1. The highest BCUT2D eigenvalue weighted by molar-refractivity contribution is 5.66. The molecule has 0 radical (unpaired) electrons. The van der Waals surface area contributed by atoms with Crippen molar-refractivity contribution < 1.29 is 35.8 Å². The molecule has 0 heterocycles. The molecule has 0 amide bonds. The minimum absolute atomic E-state index is 0.191. The van der Waals surface area contributed by atoms with Crippen LogP contribution in [0.1, 0.15) is 5.56 Å². The molecule has 0 spiro atoms. The third kappa shape index (κ3) is 4.30. The molecule has 0 N–H and O–H groups in total. The van der Waals surface area contributed by atoms with E-state index in [0.717, 1.165) is 31.4 Å². The molecule has 0 atom stereocenters. The topological polar surface area (TPSA) is 18.5 Å². The van der Waals surface area contributed by atoms with Crippen LogP contribution in [0.15, 0.2) is 42.5 Å². The Morgan fingerprint density at radius 3 is 1.83 bits per heavy atom. The van der Waals surface area contributed by atoms with Gasteiger partial charge < -0.3 is 9.47 Å². The van der Waals surface area contributed by atoms with Crippen molar-refractivity contribution in [2.45, 2.75) is 12.5 Å². The van der Waals surface area contributed by atoms with Gasteiger partial charge in [0.05, 0.1) is 12.7 Å². The maximum atomic E-state index is 13.0. The van der Waals surface area contributed by atoms with Gasteiger partial charge in [-0.15, -0.1) is 13.2 Å². The predicted molar refractivity (Wildman–Crippen MR) is 70.1 cm³/mol. The van der Waals surface area contributed by atoms with Gasteiger partial charge in [-0.1, -0.05) is 18.2 Å². The summed E-state index contributed by atoms with van der Waals surface area (Å²) >= 11 is 0. The summed E-state index contributed by atoms with van der Waals surface area (Å²) in [6.07, 6.45) is -9.44. The summed E-state index contributed by atoms with van der Waals surface area (Å²) in [5.74, 6) is -0.788. The molecule has 23 heavy (non-hydrogen) atoms. The van der Waals surface area contributed by atoms with Crippen molar-refractivity contribution in [1.29, 1.82) is 0 Å². The number of ether oxygens (including phenoxy) is 2. The molecule has 0 fully saturated rings. The van der Waals surface area contributed by atoms with Gasteiger partial charge in [0.15, 0.2) is 0 Å². The number of benzene rings is 2. The third-order valence-electron chi connectivity index (χ3n) is 2.93.